The molecule has 0 bridgehead atoms. The Bertz CT molecular complexity index is 550. The van der Waals surface area contributed by atoms with Gasteiger partial charge in [0.1, 0.15) is 0 Å². The average Bonchev–Trinajstić information content (AvgIpc) is 2.58. The average molecular weight is 241 g/mol. The molecule has 1 aliphatic rings. The Balaban J connectivity index is 2.48. The van der Waals surface area contributed by atoms with E-state index in [1.807, 2.05) is 0 Å². The van der Waals surface area contributed by atoms with Gasteiger partial charge in [0.25, 0.3) is 0 Å². The largest absolute Gasteiger partial charge is 0.465 e. The summed E-state index contributed by atoms with van der Waals surface area (Å²) in [5.41, 5.74) is 1.35. The lowest BCUT2D eigenvalue weighted by atomic mass is 10.2. The van der Waals surface area contributed by atoms with E-state index >= 15 is 0 Å². The first kappa shape index (κ1) is 10.9. The monoisotopic (exact) mass is 241 g/mol. The molecule has 1 aromatic carbocycles. The predicted molar refractivity (Wildman–Crippen MR) is 58.6 cm³/mol. The zero-order valence-electron chi connectivity index (χ0n) is 8.67. The van der Waals surface area contributed by atoms with Crippen molar-refractivity contribution in [2.24, 2.45) is 0 Å². The van der Waals surface area contributed by atoms with Crippen molar-refractivity contribution in [3.05, 3.63) is 23.8 Å². The van der Waals surface area contributed by atoms with Gasteiger partial charge < -0.3 is 5.11 Å². The molecule has 0 unspecified atom stereocenters. The number of rotatable bonds is 1. The van der Waals surface area contributed by atoms with Crippen molar-refractivity contribution < 1.29 is 18.3 Å². The van der Waals surface area contributed by atoms with Gasteiger partial charge in [0, 0.05) is 12.8 Å². The number of hydrogen-bond donors (Lipinski definition) is 1. The van der Waals surface area contributed by atoms with Crippen LogP contribution in [0.1, 0.15) is 5.56 Å². The maximum atomic E-state index is 11.3. The molecule has 0 spiro atoms. The summed E-state index contributed by atoms with van der Waals surface area (Å²) < 4.78 is 22.6. The van der Waals surface area contributed by atoms with E-state index in [2.05, 4.69) is 0 Å². The first-order valence-corrected chi connectivity index (χ1v) is 6.62. The van der Waals surface area contributed by atoms with Crippen molar-refractivity contribution in [3.63, 3.8) is 0 Å². The highest BCUT2D eigenvalue weighted by molar-refractivity contribution is 7.90. The first-order valence-electron chi connectivity index (χ1n) is 4.73. The molecule has 1 aromatic rings. The molecule has 0 atom stereocenters. The molecular formula is C10H11NO4S. The van der Waals surface area contributed by atoms with Crippen LogP contribution in [0.15, 0.2) is 23.1 Å². The third-order valence-corrected chi connectivity index (χ3v) is 3.72. The molecule has 1 N–H and O–H groups in total. The Labute approximate surface area is 93.2 Å². The molecule has 1 amide bonds. The summed E-state index contributed by atoms with van der Waals surface area (Å²) >= 11 is 0. The van der Waals surface area contributed by atoms with Crippen molar-refractivity contribution in [1.29, 1.82) is 0 Å². The standard InChI is InChI=1S/C10H11NO4S/c1-16(14,15)8-2-3-9-7(6-8)4-5-11(9)10(12)13/h2-3,6H,4-5H2,1H3,(H,12,13). The lowest BCUT2D eigenvalue weighted by Gasteiger charge is -2.12. The summed E-state index contributed by atoms with van der Waals surface area (Å²) in [6, 6.07) is 4.54. The number of carbonyl (C=O) groups is 1. The quantitative estimate of drug-likeness (QED) is 0.799. The maximum Gasteiger partial charge on any atom is 0.411 e. The van der Waals surface area contributed by atoms with Crippen LogP contribution >= 0.6 is 0 Å². The third kappa shape index (κ3) is 1.76. The summed E-state index contributed by atoms with van der Waals surface area (Å²) in [5, 5.41) is 8.90. The van der Waals surface area contributed by atoms with Crippen LogP contribution in [0.4, 0.5) is 10.5 Å². The van der Waals surface area contributed by atoms with Crippen molar-refractivity contribution in [1.82, 2.24) is 0 Å². The van der Waals surface area contributed by atoms with E-state index in [4.69, 9.17) is 5.11 Å². The Hall–Kier alpha value is -1.56. The van der Waals surface area contributed by atoms with Gasteiger partial charge in [0.2, 0.25) is 0 Å². The van der Waals surface area contributed by atoms with Crippen molar-refractivity contribution in [2.45, 2.75) is 11.3 Å². The van der Waals surface area contributed by atoms with E-state index in [1.165, 1.54) is 11.0 Å². The molecule has 6 heteroatoms. The third-order valence-electron chi connectivity index (χ3n) is 2.61. The number of amides is 1. The number of hydrogen-bond acceptors (Lipinski definition) is 3. The lowest BCUT2D eigenvalue weighted by Crippen LogP contribution is -2.26. The van der Waals surface area contributed by atoms with Crippen LogP contribution in [0, 0.1) is 0 Å². The Morgan fingerprint density at radius 3 is 2.69 bits per heavy atom. The number of nitrogens with zero attached hydrogens (tertiary/aromatic N) is 1. The molecular weight excluding hydrogens is 230 g/mol. The minimum absolute atomic E-state index is 0.235. The normalized spacial score (nSPS) is 14.9. The molecule has 0 saturated heterocycles. The van der Waals surface area contributed by atoms with Gasteiger partial charge in [-0.1, -0.05) is 0 Å². The molecule has 0 aliphatic carbocycles. The van der Waals surface area contributed by atoms with E-state index in [0.29, 0.717) is 18.7 Å². The van der Waals surface area contributed by atoms with Gasteiger partial charge in [-0.25, -0.2) is 13.2 Å². The predicted octanol–water partition coefficient (Wildman–Crippen LogP) is 1.13. The van der Waals surface area contributed by atoms with Gasteiger partial charge in [-0.2, -0.15) is 0 Å². The molecule has 0 aromatic heterocycles. The molecule has 0 fully saturated rings. The highest BCUT2D eigenvalue weighted by Gasteiger charge is 2.25. The Morgan fingerprint density at radius 1 is 1.44 bits per heavy atom. The van der Waals surface area contributed by atoms with Crippen LogP contribution in [0.25, 0.3) is 0 Å². The summed E-state index contributed by atoms with van der Waals surface area (Å²) in [4.78, 5) is 12.3. The number of sulfone groups is 1. The van der Waals surface area contributed by atoms with Crippen LogP contribution in [-0.2, 0) is 16.3 Å². The smallest absolute Gasteiger partial charge is 0.411 e. The van der Waals surface area contributed by atoms with Gasteiger partial charge in [-0.15, -0.1) is 0 Å². The molecule has 16 heavy (non-hydrogen) atoms. The highest BCUT2D eigenvalue weighted by Crippen LogP contribution is 2.30. The van der Waals surface area contributed by atoms with Crippen LogP contribution in [0.2, 0.25) is 0 Å². The first-order chi connectivity index (χ1) is 7.39. The number of carboxylic acid groups (broad SMARTS) is 1. The zero-order valence-corrected chi connectivity index (χ0v) is 9.49. The van der Waals surface area contributed by atoms with E-state index in [9.17, 15) is 13.2 Å². The molecule has 0 saturated carbocycles. The lowest BCUT2D eigenvalue weighted by molar-refractivity contribution is 0.202. The minimum atomic E-state index is -3.23. The summed E-state index contributed by atoms with van der Waals surface area (Å²) in [5.74, 6) is 0. The summed E-state index contributed by atoms with van der Waals surface area (Å²) in [7, 11) is -3.23. The molecule has 0 radical (unpaired) electrons. The van der Waals surface area contributed by atoms with E-state index in [-0.39, 0.29) is 4.90 Å². The SMILES string of the molecule is CS(=O)(=O)c1ccc2c(c1)CCN2C(=O)O. The highest BCUT2D eigenvalue weighted by atomic mass is 32.2. The van der Waals surface area contributed by atoms with Crippen molar-refractivity contribution in [3.8, 4) is 0 Å². The molecule has 2 rings (SSSR count). The topological polar surface area (TPSA) is 74.7 Å². The second-order valence-electron chi connectivity index (χ2n) is 3.75. The van der Waals surface area contributed by atoms with E-state index in [1.54, 1.807) is 12.1 Å². The van der Waals surface area contributed by atoms with Gasteiger partial charge in [-0.05, 0) is 30.2 Å². The zero-order chi connectivity index (χ0) is 11.9. The molecule has 5 nitrogen and oxygen atoms in total. The second-order valence-corrected chi connectivity index (χ2v) is 5.76. The van der Waals surface area contributed by atoms with Crippen molar-refractivity contribution >= 4 is 21.6 Å². The number of benzene rings is 1. The molecule has 1 aliphatic heterocycles. The van der Waals surface area contributed by atoms with E-state index in [0.717, 1.165) is 11.8 Å². The van der Waals surface area contributed by atoms with Crippen LogP contribution in [0.5, 0.6) is 0 Å². The van der Waals surface area contributed by atoms with Gasteiger partial charge in [0.15, 0.2) is 9.84 Å². The number of fused-ring (bicyclic) bond motifs is 1. The fourth-order valence-corrected chi connectivity index (χ4v) is 2.48. The van der Waals surface area contributed by atoms with Crippen LogP contribution in [-0.4, -0.2) is 32.4 Å². The minimum Gasteiger partial charge on any atom is -0.465 e. The fraction of sp³-hybridized carbons (Fsp3) is 0.300. The van der Waals surface area contributed by atoms with Gasteiger partial charge in [-0.3, -0.25) is 4.90 Å². The molecule has 86 valence electrons. The molecule has 1 heterocycles. The second kappa shape index (κ2) is 3.48. The number of anilines is 1. The summed E-state index contributed by atoms with van der Waals surface area (Å²) in [6.07, 6.45) is 0.690. The van der Waals surface area contributed by atoms with E-state index < -0.39 is 15.9 Å². The Kier molecular flexibility index (Phi) is 2.38. The van der Waals surface area contributed by atoms with Crippen LogP contribution < -0.4 is 4.90 Å². The fourth-order valence-electron chi connectivity index (χ4n) is 1.81. The van der Waals surface area contributed by atoms with Gasteiger partial charge >= 0.3 is 6.09 Å². The van der Waals surface area contributed by atoms with Gasteiger partial charge in [0.05, 0.1) is 10.6 Å². The maximum absolute atomic E-state index is 11.3. The van der Waals surface area contributed by atoms with Crippen molar-refractivity contribution in [2.75, 3.05) is 17.7 Å². The summed E-state index contributed by atoms with van der Waals surface area (Å²) in [6.45, 7) is 0.387. The van der Waals surface area contributed by atoms with Crippen LogP contribution in [0.3, 0.4) is 0 Å². The Morgan fingerprint density at radius 2 is 2.12 bits per heavy atom.